The zero-order valence-corrected chi connectivity index (χ0v) is 13.4. The molecule has 0 bridgehead atoms. The molecule has 3 rings (SSSR count). The first-order valence-corrected chi connectivity index (χ1v) is 7.27. The molecule has 3 aromatic rings. The van der Waals surface area contributed by atoms with Gasteiger partial charge < -0.3 is 4.90 Å². The van der Waals surface area contributed by atoms with Gasteiger partial charge in [-0.05, 0) is 36.4 Å². The van der Waals surface area contributed by atoms with Crippen LogP contribution in [-0.2, 0) is 14.1 Å². The zero-order valence-electron chi connectivity index (χ0n) is 13.4. The summed E-state index contributed by atoms with van der Waals surface area (Å²) in [6.45, 7) is 0. The van der Waals surface area contributed by atoms with E-state index in [1.165, 1.54) is 0 Å². The molecule has 1 aromatic heterocycles. The largest absolute Gasteiger partial charge is 0.422 e. The Labute approximate surface area is 135 Å². The van der Waals surface area contributed by atoms with Crippen molar-refractivity contribution in [3.05, 3.63) is 48.5 Å². The van der Waals surface area contributed by atoms with Crippen molar-refractivity contribution < 1.29 is 4.57 Å². The molecule has 2 aromatic carbocycles. The minimum Gasteiger partial charge on any atom is -0.305 e. The predicted octanol–water partition coefficient (Wildman–Crippen LogP) is 3.45. The lowest BCUT2D eigenvalue weighted by Crippen LogP contribution is -2.26. The molecule has 0 spiro atoms. The molecule has 5 heteroatoms. The normalized spacial score (nSPS) is 11.0. The highest BCUT2D eigenvalue weighted by Crippen LogP contribution is 2.22. The fourth-order valence-electron chi connectivity index (χ4n) is 2.53. The summed E-state index contributed by atoms with van der Waals surface area (Å²) in [4.78, 5) is 1.71. The summed E-state index contributed by atoms with van der Waals surface area (Å²) >= 11 is 0. The highest BCUT2D eigenvalue weighted by Gasteiger charge is 2.18. The van der Waals surface area contributed by atoms with Gasteiger partial charge in [0, 0.05) is 23.9 Å². The number of aromatic nitrogens is 2. The maximum Gasteiger partial charge on any atom is 0.422 e. The van der Waals surface area contributed by atoms with E-state index in [0.717, 1.165) is 28.4 Å². The first-order valence-electron chi connectivity index (χ1n) is 7.27. The molecule has 0 aliphatic carbocycles. The van der Waals surface area contributed by atoms with Crippen LogP contribution in [0.3, 0.4) is 0 Å². The summed E-state index contributed by atoms with van der Waals surface area (Å²) in [6, 6.07) is 18.4. The monoisotopic (exact) mass is 304 g/mol. The van der Waals surface area contributed by atoms with Crippen molar-refractivity contribution >= 4 is 28.4 Å². The second kappa shape index (κ2) is 5.93. The first-order chi connectivity index (χ1) is 11.1. The van der Waals surface area contributed by atoms with E-state index < -0.39 is 0 Å². The van der Waals surface area contributed by atoms with Crippen LogP contribution in [0, 0.1) is 12.5 Å². The number of azo groups is 1. The van der Waals surface area contributed by atoms with Crippen LogP contribution >= 0.6 is 0 Å². The van der Waals surface area contributed by atoms with Crippen LogP contribution in [0.1, 0.15) is 0 Å². The van der Waals surface area contributed by atoms with E-state index in [1.807, 2.05) is 66.7 Å². The predicted molar refractivity (Wildman–Crippen MR) is 91.9 cm³/mol. The SMILES string of the molecule is C#CN(C)c1ccc(N=Nc2n(C)c3ccccc3[n+]2C)cc1. The zero-order chi connectivity index (χ0) is 16.4. The number of para-hydroxylation sites is 2. The molecule has 0 amide bonds. The fourth-order valence-corrected chi connectivity index (χ4v) is 2.53. The summed E-state index contributed by atoms with van der Waals surface area (Å²) in [5.74, 6) is 0.788. The van der Waals surface area contributed by atoms with Crippen LogP contribution in [0.15, 0.2) is 58.8 Å². The van der Waals surface area contributed by atoms with E-state index in [4.69, 9.17) is 6.42 Å². The van der Waals surface area contributed by atoms with Crippen molar-refractivity contribution in [2.45, 2.75) is 0 Å². The Hall–Kier alpha value is -3.13. The number of hydrogen-bond donors (Lipinski definition) is 0. The molecular weight excluding hydrogens is 286 g/mol. The van der Waals surface area contributed by atoms with Gasteiger partial charge in [0.15, 0.2) is 0 Å². The number of rotatable bonds is 3. The van der Waals surface area contributed by atoms with Gasteiger partial charge >= 0.3 is 5.95 Å². The number of hydrogen-bond acceptors (Lipinski definition) is 3. The molecule has 0 N–H and O–H groups in total. The number of imidazole rings is 1. The molecule has 0 saturated heterocycles. The second-order valence-corrected chi connectivity index (χ2v) is 5.31. The van der Waals surface area contributed by atoms with Gasteiger partial charge in [-0.2, -0.15) is 0 Å². The summed E-state index contributed by atoms with van der Waals surface area (Å²) in [7, 11) is 5.81. The van der Waals surface area contributed by atoms with Crippen molar-refractivity contribution in [3.8, 4) is 12.5 Å². The van der Waals surface area contributed by atoms with Crippen LogP contribution in [-0.4, -0.2) is 11.6 Å². The molecular formula is C18H18N5+. The number of anilines is 1. The van der Waals surface area contributed by atoms with Crippen molar-refractivity contribution in [1.29, 1.82) is 0 Å². The van der Waals surface area contributed by atoms with Crippen molar-refractivity contribution in [3.63, 3.8) is 0 Å². The van der Waals surface area contributed by atoms with Gasteiger partial charge in [0.25, 0.3) is 0 Å². The minimum atomic E-state index is 0.782. The number of aryl methyl sites for hydroxylation is 2. The third kappa shape index (κ3) is 2.67. The molecule has 0 aliphatic rings. The third-order valence-electron chi connectivity index (χ3n) is 3.89. The van der Waals surface area contributed by atoms with Crippen LogP contribution < -0.4 is 9.47 Å². The van der Waals surface area contributed by atoms with Gasteiger partial charge in [0.05, 0.1) is 14.1 Å². The summed E-state index contributed by atoms with van der Waals surface area (Å²) in [5, 5.41) is 8.74. The van der Waals surface area contributed by atoms with Crippen LogP contribution in [0.25, 0.3) is 11.0 Å². The number of benzene rings is 2. The maximum atomic E-state index is 5.38. The number of nitrogens with zero attached hydrogens (tertiary/aromatic N) is 5. The van der Waals surface area contributed by atoms with Crippen molar-refractivity contribution in [2.24, 2.45) is 24.3 Å². The molecule has 0 aliphatic heterocycles. The summed E-state index contributed by atoms with van der Waals surface area (Å²) in [5.41, 5.74) is 3.97. The molecule has 0 radical (unpaired) electrons. The highest BCUT2D eigenvalue weighted by molar-refractivity contribution is 5.73. The third-order valence-corrected chi connectivity index (χ3v) is 3.89. The van der Waals surface area contributed by atoms with Gasteiger partial charge in [-0.3, -0.25) is 0 Å². The van der Waals surface area contributed by atoms with Crippen LogP contribution in [0.4, 0.5) is 17.3 Å². The number of terminal acetylenes is 1. The van der Waals surface area contributed by atoms with E-state index in [0.29, 0.717) is 0 Å². The first kappa shape index (κ1) is 14.8. The van der Waals surface area contributed by atoms with Crippen LogP contribution in [0.5, 0.6) is 0 Å². The standard InChI is InChI=1S/C18H18N5/c1-5-21(2)15-12-10-14(11-13-15)19-20-18-22(3)16-8-6-7-9-17(16)23(18)4/h1,6-13H,2-4H3/q+1. The maximum absolute atomic E-state index is 5.38. The van der Waals surface area contributed by atoms with Gasteiger partial charge in [-0.1, -0.05) is 23.7 Å². The van der Waals surface area contributed by atoms with Gasteiger partial charge in [-0.25, -0.2) is 9.13 Å². The quantitative estimate of drug-likeness (QED) is 0.316. The Morgan fingerprint density at radius 2 is 1.78 bits per heavy atom. The minimum absolute atomic E-state index is 0.782. The lowest BCUT2D eigenvalue weighted by Gasteiger charge is -2.09. The Bertz CT molecular complexity index is 874. The Balaban J connectivity index is 1.93. The van der Waals surface area contributed by atoms with E-state index in [1.54, 1.807) is 4.90 Å². The van der Waals surface area contributed by atoms with Crippen molar-refractivity contribution in [1.82, 2.24) is 4.57 Å². The van der Waals surface area contributed by atoms with Crippen molar-refractivity contribution in [2.75, 3.05) is 11.9 Å². The van der Waals surface area contributed by atoms with Crippen LogP contribution in [0.2, 0.25) is 0 Å². The van der Waals surface area contributed by atoms with Gasteiger partial charge in [-0.15, -0.1) is 0 Å². The smallest absolute Gasteiger partial charge is 0.305 e. The summed E-state index contributed by atoms with van der Waals surface area (Å²) < 4.78 is 4.05. The fraction of sp³-hybridized carbons (Fsp3) is 0.167. The highest BCUT2D eigenvalue weighted by atomic mass is 15.3. The molecule has 1 heterocycles. The molecule has 5 nitrogen and oxygen atoms in total. The van der Waals surface area contributed by atoms with E-state index in [2.05, 4.69) is 28.4 Å². The Kier molecular flexibility index (Phi) is 3.82. The summed E-state index contributed by atoms with van der Waals surface area (Å²) in [6.07, 6.45) is 5.38. The average Bonchev–Trinajstić information content (AvgIpc) is 2.84. The van der Waals surface area contributed by atoms with Gasteiger partial charge in [0.1, 0.15) is 16.7 Å². The number of fused-ring (bicyclic) bond motifs is 1. The lowest BCUT2D eigenvalue weighted by molar-refractivity contribution is -0.632. The molecule has 0 unspecified atom stereocenters. The molecule has 0 atom stereocenters. The molecule has 23 heavy (non-hydrogen) atoms. The van der Waals surface area contributed by atoms with Gasteiger partial charge in [0.2, 0.25) is 0 Å². The second-order valence-electron chi connectivity index (χ2n) is 5.31. The topological polar surface area (TPSA) is 36.8 Å². The Morgan fingerprint density at radius 1 is 1.09 bits per heavy atom. The molecule has 0 fully saturated rings. The average molecular weight is 304 g/mol. The van der Waals surface area contributed by atoms with E-state index >= 15 is 0 Å². The van der Waals surface area contributed by atoms with E-state index in [-0.39, 0.29) is 0 Å². The molecule has 114 valence electrons. The Morgan fingerprint density at radius 3 is 2.43 bits per heavy atom. The van der Waals surface area contributed by atoms with E-state index in [9.17, 15) is 0 Å². The molecule has 0 saturated carbocycles. The lowest BCUT2D eigenvalue weighted by atomic mass is 10.3.